The Morgan fingerprint density at radius 2 is 2.00 bits per heavy atom. The maximum absolute atomic E-state index is 10.3. The van der Waals surface area contributed by atoms with Crippen molar-refractivity contribution in [1.82, 2.24) is 5.32 Å². The fourth-order valence-electron chi connectivity index (χ4n) is 1.33. The van der Waals surface area contributed by atoms with Crippen LogP contribution in [0.5, 0.6) is 0 Å². The van der Waals surface area contributed by atoms with E-state index in [1.165, 1.54) is 0 Å². The van der Waals surface area contributed by atoms with Crippen LogP contribution in [0.1, 0.15) is 40.5 Å². The summed E-state index contributed by atoms with van der Waals surface area (Å²) in [5.41, 5.74) is 0.256. The molecular weight excluding hydrogens is 166 g/mol. The van der Waals surface area contributed by atoms with E-state index in [2.05, 4.69) is 33.0 Å². The Morgan fingerprint density at radius 3 is 2.31 bits per heavy atom. The Labute approximate surface area is 80.5 Å². The molecule has 78 valence electrons. The highest BCUT2D eigenvalue weighted by Crippen LogP contribution is 2.21. The molecule has 2 N–H and O–H groups in total. The Balaban J connectivity index is 3.83. The van der Waals surface area contributed by atoms with Crippen LogP contribution in [-0.2, 0) is 4.79 Å². The van der Waals surface area contributed by atoms with Crippen molar-refractivity contribution in [3.05, 3.63) is 0 Å². The van der Waals surface area contributed by atoms with E-state index in [9.17, 15) is 4.79 Å². The number of carboxylic acids is 1. The zero-order valence-corrected chi connectivity index (χ0v) is 9.05. The van der Waals surface area contributed by atoms with Crippen LogP contribution in [0.25, 0.3) is 0 Å². The third kappa shape index (κ3) is 7.78. The lowest BCUT2D eigenvalue weighted by molar-refractivity contribution is -0.136. The summed E-state index contributed by atoms with van der Waals surface area (Å²) < 4.78 is 0. The minimum absolute atomic E-state index is 0.0641. The van der Waals surface area contributed by atoms with Crippen molar-refractivity contribution in [2.45, 2.75) is 46.6 Å². The minimum Gasteiger partial charge on any atom is -0.480 e. The fraction of sp³-hybridized carbons (Fsp3) is 0.900. The third-order valence-electron chi connectivity index (χ3n) is 1.89. The molecule has 0 amide bonds. The highest BCUT2D eigenvalue weighted by atomic mass is 16.4. The van der Waals surface area contributed by atoms with Crippen LogP contribution in [-0.4, -0.2) is 23.7 Å². The zero-order valence-electron chi connectivity index (χ0n) is 9.05. The number of aliphatic carboxylic acids is 1. The molecule has 13 heavy (non-hydrogen) atoms. The molecule has 3 nitrogen and oxygen atoms in total. The van der Waals surface area contributed by atoms with Gasteiger partial charge in [0.15, 0.2) is 0 Å². The summed E-state index contributed by atoms with van der Waals surface area (Å²) in [5, 5.41) is 11.5. The predicted octanol–water partition coefficient (Wildman–Crippen LogP) is 1.88. The lowest BCUT2D eigenvalue weighted by Crippen LogP contribution is -2.35. The van der Waals surface area contributed by atoms with Gasteiger partial charge >= 0.3 is 5.97 Å². The molecule has 0 spiro atoms. The number of rotatable bonds is 5. The van der Waals surface area contributed by atoms with Gasteiger partial charge in [-0.25, -0.2) is 0 Å². The van der Waals surface area contributed by atoms with E-state index in [1.54, 1.807) is 0 Å². The molecule has 0 aliphatic heterocycles. The highest BCUT2D eigenvalue weighted by molar-refractivity contribution is 5.69. The molecule has 0 aromatic carbocycles. The molecule has 0 fully saturated rings. The quantitative estimate of drug-likeness (QED) is 0.691. The normalized spacial score (nSPS) is 14.2. The standard InChI is InChI=1S/C10H21NO2/c1-5-8(6-10(2,3)4)11-7-9(12)13/h8,11H,5-7H2,1-4H3,(H,12,13). The molecule has 3 heteroatoms. The molecule has 0 aliphatic rings. The summed E-state index contributed by atoms with van der Waals surface area (Å²) in [5.74, 6) is -0.785. The van der Waals surface area contributed by atoms with Gasteiger partial charge in [0.25, 0.3) is 0 Å². The number of carbonyl (C=O) groups is 1. The Bertz CT molecular complexity index is 161. The topological polar surface area (TPSA) is 49.3 Å². The highest BCUT2D eigenvalue weighted by Gasteiger charge is 2.17. The van der Waals surface area contributed by atoms with E-state index in [-0.39, 0.29) is 12.0 Å². The first-order valence-electron chi connectivity index (χ1n) is 4.80. The second kappa shape index (κ2) is 5.22. The first-order valence-corrected chi connectivity index (χ1v) is 4.80. The van der Waals surface area contributed by atoms with E-state index < -0.39 is 5.97 Å². The van der Waals surface area contributed by atoms with Gasteiger partial charge in [-0.1, -0.05) is 27.7 Å². The minimum atomic E-state index is -0.785. The molecule has 0 heterocycles. The van der Waals surface area contributed by atoms with Crippen molar-refractivity contribution in [2.24, 2.45) is 5.41 Å². The molecule has 1 atom stereocenters. The summed E-state index contributed by atoms with van der Waals surface area (Å²) in [6.07, 6.45) is 1.99. The van der Waals surface area contributed by atoms with E-state index in [1.807, 2.05) is 0 Å². The number of nitrogens with one attached hydrogen (secondary N) is 1. The summed E-state index contributed by atoms with van der Waals surface area (Å²) >= 11 is 0. The summed E-state index contributed by atoms with van der Waals surface area (Å²) in [4.78, 5) is 10.3. The second-order valence-corrected chi connectivity index (χ2v) is 4.64. The van der Waals surface area contributed by atoms with Gasteiger partial charge in [0.2, 0.25) is 0 Å². The fourth-order valence-corrected chi connectivity index (χ4v) is 1.33. The van der Waals surface area contributed by atoms with Crippen LogP contribution in [0.2, 0.25) is 0 Å². The molecule has 0 rings (SSSR count). The van der Waals surface area contributed by atoms with Crippen molar-refractivity contribution in [3.63, 3.8) is 0 Å². The molecule has 0 saturated heterocycles. The first-order chi connectivity index (χ1) is 5.85. The maximum atomic E-state index is 10.3. The molecule has 0 aromatic rings. The van der Waals surface area contributed by atoms with Gasteiger partial charge in [-0.2, -0.15) is 0 Å². The molecule has 0 aromatic heterocycles. The molecular formula is C10H21NO2. The van der Waals surface area contributed by atoms with Crippen LogP contribution < -0.4 is 5.32 Å². The first kappa shape index (κ1) is 12.4. The SMILES string of the molecule is CCC(CC(C)(C)C)NCC(=O)O. The molecule has 0 bridgehead atoms. The monoisotopic (exact) mass is 187 g/mol. The summed E-state index contributed by atoms with van der Waals surface area (Å²) in [6, 6.07) is 0.316. The van der Waals surface area contributed by atoms with E-state index in [4.69, 9.17) is 5.11 Å². The number of hydrogen-bond acceptors (Lipinski definition) is 2. The number of hydrogen-bond donors (Lipinski definition) is 2. The van der Waals surface area contributed by atoms with Gasteiger partial charge in [0.05, 0.1) is 6.54 Å². The second-order valence-electron chi connectivity index (χ2n) is 4.64. The summed E-state index contributed by atoms with van der Waals surface area (Å²) in [7, 11) is 0. The molecule has 0 radical (unpaired) electrons. The largest absolute Gasteiger partial charge is 0.480 e. The Morgan fingerprint density at radius 1 is 1.46 bits per heavy atom. The van der Waals surface area contributed by atoms with Gasteiger partial charge in [-0.05, 0) is 18.3 Å². The predicted molar refractivity (Wildman–Crippen MR) is 53.8 cm³/mol. The lowest BCUT2D eigenvalue weighted by Gasteiger charge is -2.25. The van der Waals surface area contributed by atoms with Crippen LogP contribution in [0.3, 0.4) is 0 Å². The van der Waals surface area contributed by atoms with Crippen LogP contribution in [0.15, 0.2) is 0 Å². The van der Waals surface area contributed by atoms with Crippen molar-refractivity contribution in [3.8, 4) is 0 Å². The van der Waals surface area contributed by atoms with Crippen molar-refractivity contribution >= 4 is 5.97 Å². The van der Waals surface area contributed by atoms with Crippen LogP contribution in [0.4, 0.5) is 0 Å². The summed E-state index contributed by atoms with van der Waals surface area (Å²) in [6.45, 7) is 8.63. The van der Waals surface area contributed by atoms with Crippen LogP contribution in [0, 0.1) is 5.41 Å². The van der Waals surface area contributed by atoms with Crippen molar-refractivity contribution < 1.29 is 9.90 Å². The van der Waals surface area contributed by atoms with Gasteiger partial charge in [-0.3, -0.25) is 4.79 Å². The molecule has 0 saturated carbocycles. The van der Waals surface area contributed by atoms with Crippen LogP contribution >= 0.6 is 0 Å². The molecule has 0 aliphatic carbocycles. The smallest absolute Gasteiger partial charge is 0.317 e. The van der Waals surface area contributed by atoms with Gasteiger partial charge in [0, 0.05) is 6.04 Å². The average molecular weight is 187 g/mol. The number of carboxylic acid groups (broad SMARTS) is 1. The molecule has 1 unspecified atom stereocenters. The third-order valence-corrected chi connectivity index (χ3v) is 1.89. The van der Waals surface area contributed by atoms with Gasteiger partial charge in [0.1, 0.15) is 0 Å². The van der Waals surface area contributed by atoms with Crippen molar-refractivity contribution in [1.29, 1.82) is 0 Å². The average Bonchev–Trinajstić information content (AvgIpc) is 1.95. The lowest BCUT2D eigenvalue weighted by atomic mass is 9.87. The van der Waals surface area contributed by atoms with E-state index in [0.29, 0.717) is 6.04 Å². The van der Waals surface area contributed by atoms with Gasteiger partial charge < -0.3 is 10.4 Å². The van der Waals surface area contributed by atoms with Crippen molar-refractivity contribution in [2.75, 3.05) is 6.54 Å². The Kier molecular flexibility index (Phi) is 4.99. The van der Waals surface area contributed by atoms with E-state index >= 15 is 0 Å². The maximum Gasteiger partial charge on any atom is 0.317 e. The zero-order chi connectivity index (χ0) is 10.5. The van der Waals surface area contributed by atoms with E-state index in [0.717, 1.165) is 12.8 Å². The Hall–Kier alpha value is -0.570. The van der Waals surface area contributed by atoms with Gasteiger partial charge in [-0.15, -0.1) is 0 Å².